The van der Waals surface area contributed by atoms with E-state index in [0.29, 0.717) is 17.0 Å². The van der Waals surface area contributed by atoms with E-state index in [2.05, 4.69) is 4.98 Å². The molecule has 0 unspecified atom stereocenters. The van der Waals surface area contributed by atoms with Gasteiger partial charge in [0.2, 0.25) is 0 Å². The molecule has 0 fully saturated rings. The molecular weight excluding hydrogens is 140 g/mol. The maximum absolute atomic E-state index is 10.3. The Balaban J connectivity index is 3.22. The first-order valence-corrected chi connectivity index (χ1v) is 3.11. The zero-order chi connectivity index (χ0) is 8.27. The van der Waals surface area contributed by atoms with Crippen LogP contribution in [0.25, 0.3) is 0 Å². The summed E-state index contributed by atoms with van der Waals surface area (Å²) in [5.41, 5.74) is 1.47. The zero-order valence-electron chi connectivity index (χ0n) is 6.03. The van der Waals surface area contributed by atoms with Crippen molar-refractivity contribution in [3.05, 3.63) is 29.1 Å². The molecule has 0 aliphatic heterocycles. The average Bonchev–Trinajstić information content (AvgIpc) is 2.04. The van der Waals surface area contributed by atoms with Crippen LogP contribution in [0.4, 0.5) is 0 Å². The fourth-order valence-electron chi connectivity index (χ4n) is 0.759. The van der Waals surface area contributed by atoms with Crippen molar-refractivity contribution in [1.82, 2.24) is 4.98 Å². The lowest BCUT2D eigenvalue weighted by Crippen LogP contribution is -1.92. The molecule has 1 heterocycles. The highest BCUT2D eigenvalue weighted by molar-refractivity contribution is 5.76. The van der Waals surface area contributed by atoms with Crippen LogP contribution in [0.3, 0.4) is 0 Å². The summed E-state index contributed by atoms with van der Waals surface area (Å²) in [5, 5.41) is 8.42. The topological polar surface area (TPSA) is 53.8 Å². The van der Waals surface area contributed by atoms with Crippen LogP contribution in [0.15, 0.2) is 12.1 Å². The quantitative estimate of drug-likeness (QED) is 0.557. The van der Waals surface area contributed by atoms with Gasteiger partial charge >= 0.3 is 0 Å². The summed E-state index contributed by atoms with van der Waals surface area (Å²) >= 11 is 0. The first-order chi connectivity index (χ1) is 5.27. The molecule has 0 radical (unpaired) electrons. The number of nitriles is 1. The third-order valence-corrected chi connectivity index (χ3v) is 1.37. The van der Waals surface area contributed by atoms with Crippen LogP contribution in [0.5, 0.6) is 0 Å². The average molecular weight is 146 g/mol. The van der Waals surface area contributed by atoms with Gasteiger partial charge in [-0.1, -0.05) is 0 Å². The monoisotopic (exact) mass is 146 g/mol. The van der Waals surface area contributed by atoms with E-state index in [-0.39, 0.29) is 0 Å². The first kappa shape index (κ1) is 7.42. The van der Waals surface area contributed by atoms with Crippen LogP contribution in [-0.2, 0) is 0 Å². The van der Waals surface area contributed by atoms with Gasteiger partial charge in [0.1, 0.15) is 11.8 Å². The minimum Gasteiger partial charge on any atom is -0.298 e. The molecule has 0 saturated heterocycles. The van der Waals surface area contributed by atoms with Crippen LogP contribution in [0.2, 0.25) is 0 Å². The molecule has 1 rings (SSSR count). The lowest BCUT2D eigenvalue weighted by Gasteiger charge is -1.94. The lowest BCUT2D eigenvalue weighted by molar-refractivity contribution is 0.112. The van der Waals surface area contributed by atoms with Gasteiger partial charge < -0.3 is 0 Å². The molecular formula is C8H6N2O. The summed E-state index contributed by atoms with van der Waals surface area (Å²) in [6, 6.07) is 5.01. The van der Waals surface area contributed by atoms with E-state index in [1.807, 2.05) is 6.07 Å². The molecule has 0 aliphatic carbocycles. The van der Waals surface area contributed by atoms with Gasteiger partial charge in [0, 0.05) is 11.3 Å². The minimum atomic E-state index is 0.341. The Morgan fingerprint density at radius 3 is 2.82 bits per heavy atom. The van der Waals surface area contributed by atoms with Gasteiger partial charge in [-0.05, 0) is 19.1 Å². The minimum absolute atomic E-state index is 0.341. The first-order valence-electron chi connectivity index (χ1n) is 3.11. The van der Waals surface area contributed by atoms with Gasteiger partial charge in [-0.15, -0.1) is 0 Å². The summed E-state index contributed by atoms with van der Waals surface area (Å²) in [7, 11) is 0. The van der Waals surface area contributed by atoms with Crippen molar-refractivity contribution in [1.29, 1.82) is 5.26 Å². The van der Waals surface area contributed by atoms with Crippen LogP contribution in [0.1, 0.15) is 21.7 Å². The van der Waals surface area contributed by atoms with Gasteiger partial charge in [0.05, 0.1) is 0 Å². The third-order valence-electron chi connectivity index (χ3n) is 1.37. The fourth-order valence-corrected chi connectivity index (χ4v) is 0.759. The Morgan fingerprint density at radius 2 is 2.36 bits per heavy atom. The molecule has 0 saturated carbocycles. The van der Waals surface area contributed by atoms with Crippen molar-refractivity contribution < 1.29 is 4.79 Å². The van der Waals surface area contributed by atoms with Crippen molar-refractivity contribution >= 4 is 6.29 Å². The highest BCUT2D eigenvalue weighted by atomic mass is 16.1. The number of carbonyl (C=O) groups excluding carboxylic acids is 1. The van der Waals surface area contributed by atoms with Gasteiger partial charge in [0.25, 0.3) is 0 Å². The van der Waals surface area contributed by atoms with Gasteiger partial charge in [-0.2, -0.15) is 5.26 Å². The summed E-state index contributed by atoms with van der Waals surface area (Å²) in [5.74, 6) is 0. The van der Waals surface area contributed by atoms with E-state index in [9.17, 15) is 4.79 Å². The predicted octanol–water partition coefficient (Wildman–Crippen LogP) is 1.07. The molecule has 0 N–H and O–H groups in total. The molecule has 0 amide bonds. The number of rotatable bonds is 1. The van der Waals surface area contributed by atoms with E-state index >= 15 is 0 Å². The van der Waals surface area contributed by atoms with Gasteiger partial charge in [-0.3, -0.25) is 4.79 Å². The van der Waals surface area contributed by atoms with E-state index in [1.165, 1.54) is 6.07 Å². The fraction of sp³-hybridized carbons (Fsp3) is 0.125. The van der Waals surface area contributed by atoms with E-state index in [1.54, 1.807) is 13.0 Å². The molecule has 0 aliphatic rings. The normalized spacial score (nSPS) is 8.73. The van der Waals surface area contributed by atoms with Crippen molar-refractivity contribution in [3.63, 3.8) is 0 Å². The second kappa shape index (κ2) is 2.93. The summed E-state index contributed by atoms with van der Waals surface area (Å²) in [6.45, 7) is 1.70. The van der Waals surface area contributed by atoms with Crippen LogP contribution < -0.4 is 0 Å². The molecule has 3 heteroatoms. The van der Waals surface area contributed by atoms with Crippen molar-refractivity contribution in [2.75, 3.05) is 0 Å². The molecule has 11 heavy (non-hydrogen) atoms. The van der Waals surface area contributed by atoms with Crippen LogP contribution in [0, 0.1) is 18.3 Å². The number of aromatic nitrogens is 1. The SMILES string of the molecule is Cc1nc(C#N)ccc1C=O. The summed E-state index contributed by atoms with van der Waals surface area (Å²) < 4.78 is 0. The molecule has 0 spiro atoms. The Bertz CT molecular complexity index is 325. The molecule has 1 aromatic rings. The number of aryl methyl sites for hydroxylation is 1. The summed E-state index contributed by atoms with van der Waals surface area (Å²) in [4.78, 5) is 14.2. The number of hydrogen-bond acceptors (Lipinski definition) is 3. The van der Waals surface area contributed by atoms with Crippen LogP contribution >= 0.6 is 0 Å². The third kappa shape index (κ3) is 1.41. The molecule has 1 aromatic heterocycles. The van der Waals surface area contributed by atoms with Crippen molar-refractivity contribution in [3.8, 4) is 6.07 Å². The highest BCUT2D eigenvalue weighted by Crippen LogP contribution is 2.02. The number of carbonyl (C=O) groups is 1. The zero-order valence-corrected chi connectivity index (χ0v) is 6.03. The Kier molecular flexibility index (Phi) is 1.98. The Hall–Kier alpha value is -1.69. The Labute approximate surface area is 64.3 Å². The van der Waals surface area contributed by atoms with Crippen molar-refractivity contribution in [2.24, 2.45) is 0 Å². The molecule has 3 nitrogen and oxygen atoms in total. The van der Waals surface area contributed by atoms with Crippen LogP contribution in [-0.4, -0.2) is 11.3 Å². The molecule has 54 valence electrons. The largest absolute Gasteiger partial charge is 0.298 e. The smallest absolute Gasteiger partial charge is 0.151 e. The predicted molar refractivity (Wildman–Crippen MR) is 39.1 cm³/mol. The highest BCUT2D eigenvalue weighted by Gasteiger charge is 1.98. The number of pyridine rings is 1. The second-order valence-electron chi connectivity index (χ2n) is 2.10. The van der Waals surface area contributed by atoms with Gasteiger partial charge in [0.15, 0.2) is 6.29 Å². The maximum atomic E-state index is 10.3. The Morgan fingerprint density at radius 1 is 1.64 bits per heavy atom. The molecule has 0 bridgehead atoms. The second-order valence-corrected chi connectivity index (χ2v) is 2.10. The maximum Gasteiger partial charge on any atom is 0.151 e. The number of aldehydes is 1. The van der Waals surface area contributed by atoms with E-state index < -0.39 is 0 Å². The molecule has 0 aromatic carbocycles. The van der Waals surface area contributed by atoms with E-state index in [4.69, 9.17) is 5.26 Å². The number of nitrogens with zero attached hydrogens (tertiary/aromatic N) is 2. The summed E-state index contributed by atoms with van der Waals surface area (Å²) in [6.07, 6.45) is 0.726. The van der Waals surface area contributed by atoms with Gasteiger partial charge in [-0.25, -0.2) is 4.98 Å². The lowest BCUT2D eigenvalue weighted by atomic mass is 10.2. The standard InChI is InChI=1S/C8H6N2O/c1-6-7(5-11)2-3-8(4-9)10-6/h2-3,5H,1H3. The molecule has 0 atom stereocenters. The van der Waals surface area contributed by atoms with E-state index in [0.717, 1.165) is 6.29 Å². The van der Waals surface area contributed by atoms with Crippen molar-refractivity contribution in [2.45, 2.75) is 6.92 Å². The number of hydrogen-bond donors (Lipinski definition) is 0.